The highest BCUT2D eigenvalue weighted by molar-refractivity contribution is 5.97. The van der Waals surface area contributed by atoms with Crippen LogP contribution in [-0.2, 0) is 13.0 Å². The first-order valence-electron chi connectivity index (χ1n) is 11.8. The summed E-state index contributed by atoms with van der Waals surface area (Å²) in [4.78, 5) is 43.4. The summed E-state index contributed by atoms with van der Waals surface area (Å²) in [6.45, 7) is 6.14. The smallest absolute Gasteiger partial charge is 0.328 e. The Bertz CT molecular complexity index is 1220. The number of aromatic amines is 1. The number of aromatic nitrogens is 2. The van der Waals surface area contributed by atoms with Crippen LogP contribution in [-0.4, -0.2) is 45.5 Å². The maximum Gasteiger partial charge on any atom is 0.328 e. The molecule has 1 fully saturated rings. The van der Waals surface area contributed by atoms with Gasteiger partial charge >= 0.3 is 5.69 Å². The van der Waals surface area contributed by atoms with Crippen molar-refractivity contribution in [1.82, 2.24) is 19.8 Å². The molecule has 2 heterocycles. The maximum absolute atomic E-state index is 12.9. The summed E-state index contributed by atoms with van der Waals surface area (Å²) in [6, 6.07) is 15.6. The number of H-pyrrole nitrogens is 1. The van der Waals surface area contributed by atoms with Crippen molar-refractivity contribution in [3.05, 3.63) is 80.5 Å². The van der Waals surface area contributed by atoms with E-state index >= 15 is 0 Å². The van der Waals surface area contributed by atoms with Gasteiger partial charge in [-0.05, 0) is 56.9 Å². The number of nitrogens with zero attached hydrogens (tertiary/aromatic N) is 2. The summed E-state index contributed by atoms with van der Waals surface area (Å²) in [5.74, 6) is -0.205. The summed E-state index contributed by atoms with van der Waals surface area (Å²) >= 11 is 0. The molecule has 1 aromatic heterocycles. The molecule has 1 aliphatic heterocycles. The third kappa shape index (κ3) is 5.25. The molecule has 0 spiro atoms. The SMILES string of the molecule is C[C@@H]1CCC[C@H](C)N1CCNC(=O)c1ccc2c(=O)n(CCc3ccccc3)c(=O)[nH]c2c1. The zero-order valence-corrected chi connectivity index (χ0v) is 19.3. The Morgan fingerprint density at radius 1 is 1.03 bits per heavy atom. The molecule has 33 heavy (non-hydrogen) atoms. The standard InChI is InChI=1S/C26H32N4O3/c1-18-7-6-8-19(2)29(18)16-14-27-24(31)21-11-12-22-23(17-21)28-26(33)30(25(22)32)15-13-20-9-4-3-5-10-20/h3-5,9-12,17-19H,6-8,13-16H2,1-2H3,(H,27,31)(H,28,33)/t18-,19+. The number of hydrogen-bond donors (Lipinski definition) is 2. The van der Waals surface area contributed by atoms with Gasteiger partial charge in [-0.25, -0.2) is 4.79 Å². The van der Waals surface area contributed by atoms with Crippen LogP contribution in [0.1, 0.15) is 49.0 Å². The average Bonchev–Trinajstić information content (AvgIpc) is 2.81. The van der Waals surface area contributed by atoms with Crippen molar-refractivity contribution in [3.63, 3.8) is 0 Å². The lowest BCUT2D eigenvalue weighted by Crippen LogP contribution is -2.47. The van der Waals surface area contributed by atoms with Crippen molar-refractivity contribution in [1.29, 1.82) is 0 Å². The van der Waals surface area contributed by atoms with Gasteiger partial charge in [0.2, 0.25) is 0 Å². The fourth-order valence-electron chi connectivity index (χ4n) is 4.80. The van der Waals surface area contributed by atoms with Crippen molar-refractivity contribution in [2.75, 3.05) is 13.1 Å². The first kappa shape index (κ1) is 23.0. The molecule has 0 unspecified atom stereocenters. The van der Waals surface area contributed by atoms with Crippen LogP contribution in [0.2, 0.25) is 0 Å². The molecule has 1 saturated heterocycles. The van der Waals surface area contributed by atoms with Gasteiger partial charge in [-0.2, -0.15) is 0 Å². The van der Waals surface area contributed by atoms with Crippen LogP contribution < -0.4 is 16.6 Å². The molecule has 2 aromatic carbocycles. The van der Waals surface area contributed by atoms with Crippen LogP contribution in [0, 0.1) is 0 Å². The van der Waals surface area contributed by atoms with E-state index in [-0.39, 0.29) is 11.5 Å². The molecule has 0 radical (unpaired) electrons. The van der Waals surface area contributed by atoms with Crippen LogP contribution in [0.15, 0.2) is 58.1 Å². The summed E-state index contributed by atoms with van der Waals surface area (Å²) in [7, 11) is 0. The Balaban J connectivity index is 1.44. The topological polar surface area (TPSA) is 87.2 Å². The highest BCUT2D eigenvalue weighted by Crippen LogP contribution is 2.21. The normalized spacial score (nSPS) is 19.0. The molecule has 0 aliphatic carbocycles. The third-order valence-corrected chi connectivity index (χ3v) is 6.74. The van der Waals surface area contributed by atoms with E-state index in [9.17, 15) is 14.4 Å². The van der Waals surface area contributed by atoms with Crippen LogP contribution in [0.5, 0.6) is 0 Å². The summed E-state index contributed by atoms with van der Waals surface area (Å²) < 4.78 is 1.22. The van der Waals surface area contributed by atoms with Crippen LogP contribution in [0.3, 0.4) is 0 Å². The van der Waals surface area contributed by atoms with Gasteiger partial charge in [-0.3, -0.25) is 19.1 Å². The molecular formula is C26H32N4O3. The summed E-state index contributed by atoms with van der Waals surface area (Å²) in [5, 5.41) is 3.37. The van der Waals surface area contributed by atoms with Crippen LogP contribution in [0.25, 0.3) is 10.9 Å². The second kappa shape index (κ2) is 10.2. The first-order chi connectivity index (χ1) is 15.9. The van der Waals surface area contributed by atoms with Gasteiger partial charge in [0.25, 0.3) is 11.5 Å². The third-order valence-electron chi connectivity index (χ3n) is 6.74. The molecule has 1 amide bonds. The van der Waals surface area contributed by atoms with E-state index in [1.165, 1.54) is 23.8 Å². The van der Waals surface area contributed by atoms with Gasteiger partial charge in [0, 0.05) is 37.3 Å². The van der Waals surface area contributed by atoms with E-state index in [1.807, 2.05) is 30.3 Å². The van der Waals surface area contributed by atoms with Gasteiger partial charge in [-0.15, -0.1) is 0 Å². The molecule has 7 nitrogen and oxygen atoms in total. The fourth-order valence-corrected chi connectivity index (χ4v) is 4.80. The van der Waals surface area contributed by atoms with Gasteiger partial charge in [0.1, 0.15) is 0 Å². The number of rotatable bonds is 7. The zero-order valence-electron chi connectivity index (χ0n) is 19.3. The molecule has 1 aliphatic rings. The number of carbonyl (C=O) groups excluding carboxylic acids is 1. The van der Waals surface area contributed by atoms with E-state index in [0.717, 1.165) is 12.1 Å². The van der Waals surface area contributed by atoms with Gasteiger partial charge in [-0.1, -0.05) is 36.8 Å². The molecule has 2 N–H and O–H groups in total. The van der Waals surface area contributed by atoms with Gasteiger partial charge in [0.15, 0.2) is 0 Å². The van der Waals surface area contributed by atoms with Crippen molar-refractivity contribution >= 4 is 16.8 Å². The Labute approximate surface area is 193 Å². The molecule has 174 valence electrons. The van der Waals surface area contributed by atoms with Crippen molar-refractivity contribution in [2.45, 2.75) is 58.2 Å². The second-order valence-electron chi connectivity index (χ2n) is 9.01. The number of nitrogens with one attached hydrogen (secondary N) is 2. The van der Waals surface area contributed by atoms with Crippen LogP contribution in [0.4, 0.5) is 0 Å². The number of likely N-dealkylation sites (tertiary alicyclic amines) is 1. The largest absolute Gasteiger partial charge is 0.351 e. The minimum atomic E-state index is -0.464. The van der Waals surface area contributed by atoms with Gasteiger partial charge in [0.05, 0.1) is 10.9 Å². The highest BCUT2D eigenvalue weighted by atomic mass is 16.2. The Kier molecular flexibility index (Phi) is 7.08. The number of hydrogen-bond acceptors (Lipinski definition) is 4. The van der Waals surface area contributed by atoms with Crippen LogP contribution >= 0.6 is 0 Å². The molecule has 7 heteroatoms. The molecule has 3 aromatic rings. The number of amides is 1. The van der Waals surface area contributed by atoms with Crippen molar-refractivity contribution < 1.29 is 4.79 Å². The minimum absolute atomic E-state index is 0.205. The molecular weight excluding hydrogens is 416 g/mol. The van der Waals surface area contributed by atoms with E-state index < -0.39 is 5.69 Å². The van der Waals surface area contributed by atoms with E-state index in [1.54, 1.807) is 18.2 Å². The summed E-state index contributed by atoms with van der Waals surface area (Å²) in [5.41, 5.74) is 1.06. The lowest BCUT2D eigenvalue weighted by Gasteiger charge is -2.39. The van der Waals surface area contributed by atoms with E-state index in [2.05, 4.69) is 29.0 Å². The number of piperidine rings is 1. The van der Waals surface area contributed by atoms with E-state index in [0.29, 0.717) is 48.1 Å². The highest BCUT2D eigenvalue weighted by Gasteiger charge is 2.24. The Hall–Kier alpha value is -3.19. The number of benzene rings is 2. The lowest BCUT2D eigenvalue weighted by atomic mass is 9.98. The summed E-state index contributed by atoms with van der Waals surface area (Å²) in [6.07, 6.45) is 4.23. The predicted octanol–water partition coefficient (Wildman–Crippen LogP) is 2.93. The fraction of sp³-hybridized carbons (Fsp3) is 0.423. The predicted molar refractivity (Wildman–Crippen MR) is 131 cm³/mol. The second-order valence-corrected chi connectivity index (χ2v) is 9.01. The first-order valence-corrected chi connectivity index (χ1v) is 11.8. The van der Waals surface area contributed by atoms with Crippen molar-refractivity contribution in [3.8, 4) is 0 Å². The number of fused-ring (bicyclic) bond motifs is 1. The average molecular weight is 449 g/mol. The maximum atomic E-state index is 12.9. The number of aryl methyl sites for hydroxylation is 1. The molecule has 0 saturated carbocycles. The molecule has 2 atom stereocenters. The van der Waals surface area contributed by atoms with Crippen molar-refractivity contribution in [2.24, 2.45) is 0 Å². The van der Waals surface area contributed by atoms with E-state index in [4.69, 9.17) is 0 Å². The lowest BCUT2D eigenvalue weighted by molar-refractivity contribution is 0.0889. The molecule has 0 bridgehead atoms. The quantitative estimate of drug-likeness (QED) is 0.582. The monoisotopic (exact) mass is 448 g/mol. The Morgan fingerprint density at radius 3 is 2.48 bits per heavy atom. The minimum Gasteiger partial charge on any atom is -0.351 e. The number of carbonyl (C=O) groups is 1. The zero-order chi connectivity index (χ0) is 23.4. The van der Waals surface area contributed by atoms with Gasteiger partial charge < -0.3 is 10.3 Å². The Morgan fingerprint density at radius 2 is 1.76 bits per heavy atom. The molecule has 4 rings (SSSR count).